The van der Waals surface area contributed by atoms with Gasteiger partial charge in [0.2, 0.25) is 0 Å². The van der Waals surface area contributed by atoms with Gasteiger partial charge in [0.05, 0.1) is 11.2 Å². The number of furan rings is 1. The van der Waals surface area contributed by atoms with E-state index in [1.54, 1.807) is 0 Å². The lowest BCUT2D eigenvalue weighted by Gasteiger charge is -2.33. The first-order chi connectivity index (χ1) is 28.2. The second-order valence-corrected chi connectivity index (χ2v) is 17.5. The maximum absolute atomic E-state index is 6.99. The molecule has 0 saturated heterocycles. The Labute approximate surface area is 337 Å². The number of hydrogen-bond acceptors (Lipinski definition) is 5. The molecule has 12 rings (SSSR count). The van der Waals surface area contributed by atoms with Crippen molar-refractivity contribution in [2.45, 2.75) is 79.8 Å². The maximum atomic E-state index is 6.99. The third-order valence-corrected chi connectivity index (χ3v) is 14.4. The molecule has 0 saturated carbocycles. The monoisotopic (exact) mass is 760 g/mol. The van der Waals surface area contributed by atoms with Gasteiger partial charge in [0.15, 0.2) is 5.58 Å². The molecule has 4 unspecified atom stereocenters. The van der Waals surface area contributed by atoms with E-state index >= 15 is 0 Å². The van der Waals surface area contributed by atoms with E-state index in [2.05, 4.69) is 161 Å². The number of aromatic nitrogens is 1. The summed E-state index contributed by atoms with van der Waals surface area (Å²) in [7, 11) is 0. The van der Waals surface area contributed by atoms with E-state index in [4.69, 9.17) is 9.41 Å². The number of fused-ring (bicyclic) bond motifs is 10. The molecule has 4 heterocycles. The van der Waals surface area contributed by atoms with E-state index in [1.807, 2.05) is 0 Å². The number of allylic oxidation sites excluding steroid dienone is 8. The van der Waals surface area contributed by atoms with Gasteiger partial charge in [0.1, 0.15) is 23.8 Å². The molecule has 57 heavy (non-hydrogen) atoms. The average Bonchev–Trinajstić information content (AvgIpc) is 3.96. The van der Waals surface area contributed by atoms with Crippen LogP contribution >= 0.6 is 11.8 Å². The predicted molar refractivity (Wildman–Crippen MR) is 237 cm³/mol. The van der Waals surface area contributed by atoms with E-state index in [9.17, 15) is 0 Å². The molecule has 0 fully saturated rings. The van der Waals surface area contributed by atoms with Crippen LogP contribution in [0.4, 0.5) is 0 Å². The predicted octanol–water partition coefficient (Wildman–Crippen LogP) is 12.4. The van der Waals surface area contributed by atoms with Gasteiger partial charge in [0.25, 0.3) is 0 Å². The van der Waals surface area contributed by atoms with E-state index in [-0.39, 0.29) is 12.3 Å². The highest BCUT2D eigenvalue weighted by molar-refractivity contribution is 8.00. The molecular weight excluding hydrogens is 717 g/mol. The van der Waals surface area contributed by atoms with Gasteiger partial charge in [-0.05, 0) is 103 Å². The lowest BCUT2D eigenvalue weighted by atomic mass is 9.87. The summed E-state index contributed by atoms with van der Waals surface area (Å²) >= 11 is 2.08. The highest BCUT2D eigenvalue weighted by atomic mass is 32.2. The Morgan fingerprint density at radius 1 is 0.807 bits per heavy atom. The van der Waals surface area contributed by atoms with Gasteiger partial charge >= 0.3 is 0 Å². The molecular formula is C51H44N4OS. The van der Waals surface area contributed by atoms with Crippen molar-refractivity contribution in [1.29, 1.82) is 0 Å². The van der Waals surface area contributed by atoms with Crippen LogP contribution in [0.1, 0.15) is 90.5 Å². The Balaban J connectivity index is 0.947. The fraction of sp³-hybridized carbons (Fsp3) is 0.235. The van der Waals surface area contributed by atoms with Gasteiger partial charge in [-0.3, -0.25) is 5.32 Å². The summed E-state index contributed by atoms with van der Waals surface area (Å²) in [6.07, 6.45) is 31.6. The topological polar surface area (TPSA) is 54.5 Å². The molecule has 2 N–H and O–H groups in total. The van der Waals surface area contributed by atoms with Crippen molar-refractivity contribution in [3.05, 3.63) is 167 Å². The molecule has 0 bridgehead atoms. The van der Waals surface area contributed by atoms with Gasteiger partial charge in [-0.15, -0.1) is 11.8 Å². The minimum atomic E-state index is -0.159. The molecule has 6 heteroatoms. The molecule has 280 valence electrons. The van der Waals surface area contributed by atoms with Crippen molar-refractivity contribution >= 4 is 62.1 Å². The van der Waals surface area contributed by atoms with Crippen molar-refractivity contribution in [2.75, 3.05) is 0 Å². The van der Waals surface area contributed by atoms with Crippen LogP contribution in [-0.2, 0) is 6.42 Å². The number of amidine groups is 1. The Morgan fingerprint density at radius 3 is 2.61 bits per heavy atom. The summed E-state index contributed by atoms with van der Waals surface area (Å²) in [4.78, 5) is 6.78. The number of hydrogen-bond donors (Lipinski definition) is 2. The first-order valence-electron chi connectivity index (χ1n) is 20.8. The number of thioether (sulfide) groups is 1. The van der Waals surface area contributed by atoms with Gasteiger partial charge in [-0.2, -0.15) is 0 Å². The highest BCUT2D eigenvalue weighted by Gasteiger charge is 2.36. The minimum Gasteiger partial charge on any atom is -0.454 e. The third kappa shape index (κ3) is 5.52. The molecule has 0 amide bonds. The Morgan fingerprint density at radius 2 is 1.72 bits per heavy atom. The summed E-state index contributed by atoms with van der Waals surface area (Å²) < 4.78 is 9.51. The Hall–Kier alpha value is -5.56. The van der Waals surface area contributed by atoms with Crippen molar-refractivity contribution in [3.8, 4) is 5.69 Å². The van der Waals surface area contributed by atoms with Crippen molar-refractivity contribution in [1.82, 2.24) is 15.2 Å². The molecule has 4 atom stereocenters. The average molecular weight is 761 g/mol. The molecule has 2 aromatic heterocycles. The van der Waals surface area contributed by atoms with Crippen LogP contribution < -0.4 is 10.6 Å². The zero-order valence-corrected chi connectivity index (χ0v) is 32.7. The molecule has 0 spiro atoms. The number of nitrogens with one attached hydrogen (secondary N) is 2. The fourth-order valence-corrected chi connectivity index (χ4v) is 11.7. The zero-order chi connectivity index (χ0) is 37.5. The van der Waals surface area contributed by atoms with E-state index < -0.39 is 0 Å². The molecule has 5 nitrogen and oxygen atoms in total. The van der Waals surface area contributed by atoms with E-state index in [0.717, 1.165) is 77.5 Å². The number of benzene rings is 4. The van der Waals surface area contributed by atoms with Crippen LogP contribution in [0, 0.1) is 0 Å². The quantitative estimate of drug-likeness (QED) is 0.172. The number of rotatable bonds is 5. The lowest BCUT2D eigenvalue weighted by molar-refractivity contribution is 0.434. The Kier molecular flexibility index (Phi) is 7.97. The van der Waals surface area contributed by atoms with Crippen molar-refractivity contribution < 1.29 is 4.42 Å². The summed E-state index contributed by atoms with van der Waals surface area (Å²) in [5.41, 5.74) is 14.6. The summed E-state index contributed by atoms with van der Waals surface area (Å²) in [5.74, 6) is 1.48. The minimum absolute atomic E-state index is 0.104. The molecule has 6 aromatic rings. The van der Waals surface area contributed by atoms with Crippen LogP contribution in [0.25, 0.3) is 50.2 Å². The largest absolute Gasteiger partial charge is 0.454 e. The fourth-order valence-electron chi connectivity index (χ4n) is 10.1. The van der Waals surface area contributed by atoms with Gasteiger partial charge in [-0.25, -0.2) is 4.99 Å². The van der Waals surface area contributed by atoms with E-state index in [0.29, 0.717) is 11.2 Å². The van der Waals surface area contributed by atoms with Crippen LogP contribution in [-0.4, -0.2) is 21.8 Å². The smallest absolute Gasteiger partial charge is 0.159 e. The van der Waals surface area contributed by atoms with Gasteiger partial charge in [-0.1, -0.05) is 109 Å². The van der Waals surface area contributed by atoms with Crippen molar-refractivity contribution in [2.24, 2.45) is 4.99 Å². The van der Waals surface area contributed by atoms with Gasteiger partial charge < -0.3 is 14.3 Å². The van der Waals surface area contributed by atoms with Crippen LogP contribution in [0.2, 0.25) is 0 Å². The summed E-state index contributed by atoms with van der Waals surface area (Å²) in [6.45, 7) is 0. The standard InChI is InChI=1S/C51H44N4OS/c1-3-12-31(13-4-1)32-22-24-34(25-23-32)50-52-49(33-14-5-2-6-15-33)53-51(54-50)35-26-27-36-38-18-11-20-43(47(38)56-44(36)30-35)55-41-19-9-7-17-40(41)46-42(55)29-28-39-37-16-8-10-21-45(37)57-48(39)46/h1,3,5,7,10-12,14-15,17-18,20-30,37,45,49-50,52H,2,4,6,8-9,13,16,19H2,(H,53,54). The number of nitrogens with zero attached hydrogens (tertiary/aromatic N) is 2. The van der Waals surface area contributed by atoms with Crippen molar-refractivity contribution in [3.63, 3.8) is 0 Å². The number of para-hydroxylation sites is 1. The highest BCUT2D eigenvalue weighted by Crippen LogP contribution is 2.54. The lowest BCUT2D eigenvalue weighted by Crippen LogP contribution is -2.49. The first kappa shape index (κ1) is 33.6. The maximum Gasteiger partial charge on any atom is 0.159 e. The third-order valence-electron chi connectivity index (χ3n) is 12.9. The van der Waals surface area contributed by atoms with Gasteiger partial charge in [0, 0.05) is 49.0 Å². The normalized spacial score (nSPS) is 23.6. The molecule has 2 aliphatic heterocycles. The van der Waals surface area contributed by atoms with E-state index in [1.165, 1.54) is 67.7 Å². The summed E-state index contributed by atoms with van der Waals surface area (Å²) in [5, 5.41) is 11.8. The second-order valence-electron chi connectivity index (χ2n) is 16.3. The zero-order valence-electron chi connectivity index (χ0n) is 31.9. The molecule has 6 aliphatic rings. The first-order valence-corrected chi connectivity index (χ1v) is 21.7. The number of aliphatic imine (C=N–C) groups is 1. The Bertz CT molecular complexity index is 2860. The SMILES string of the molecule is C1=CCCC(c2ccc(C3NC(c4ccc5c(c4)oc4c(-n6c7c(c8c9c(ccc86)C6CCC=CC6S9)C=CCC7)cccc45)=NC(C4=CCCC=C4)N3)cc2)=C1. The van der Waals surface area contributed by atoms with Crippen LogP contribution in [0.3, 0.4) is 0 Å². The van der Waals surface area contributed by atoms with Crippen LogP contribution in [0.15, 0.2) is 147 Å². The molecule has 4 aromatic carbocycles. The molecule has 0 radical (unpaired) electrons. The summed E-state index contributed by atoms with van der Waals surface area (Å²) in [6, 6.07) is 27.1. The molecule has 4 aliphatic carbocycles. The second kappa shape index (κ2) is 13.5. The van der Waals surface area contributed by atoms with Crippen LogP contribution in [0.5, 0.6) is 0 Å².